The number of halogens is 1. The Morgan fingerprint density at radius 3 is 2.63 bits per heavy atom. The molecule has 1 aromatic heterocycles. The number of hydrogen-bond donors (Lipinski definition) is 2. The molecule has 4 rings (SSSR count). The Bertz CT molecular complexity index is 1200. The van der Waals surface area contributed by atoms with E-state index in [9.17, 15) is 4.79 Å². The number of aromatic amines is 1. The van der Waals surface area contributed by atoms with E-state index in [1.165, 1.54) is 5.56 Å². The van der Waals surface area contributed by atoms with Crippen molar-refractivity contribution in [1.29, 1.82) is 0 Å². The SMILES string of the molecule is COc1ccc2c(Sc3ccc(C)cc3)c(C(=O)NCc3cccc(Cl)c3)[nH]c2c1. The number of fused-ring (bicyclic) bond motifs is 1. The maximum absolute atomic E-state index is 13.1. The highest BCUT2D eigenvalue weighted by Gasteiger charge is 2.19. The summed E-state index contributed by atoms with van der Waals surface area (Å²) in [7, 11) is 1.63. The van der Waals surface area contributed by atoms with Crippen LogP contribution in [-0.2, 0) is 6.54 Å². The summed E-state index contributed by atoms with van der Waals surface area (Å²) < 4.78 is 5.34. The van der Waals surface area contributed by atoms with Gasteiger partial charge in [0.1, 0.15) is 11.4 Å². The number of aryl methyl sites for hydroxylation is 1. The lowest BCUT2D eigenvalue weighted by molar-refractivity contribution is 0.0944. The molecule has 3 aromatic carbocycles. The van der Waals surface area contributed by atoms with Crippen LogP contribution in [0.4, 0.5) is 0 Å². The molecule has 0 atom stereocenters. The molecule has 1 heterocycles. The van der Waals surface area contributed by atoms with Crippen LogP contribution in [0.3, 0.4) is 0 Å². The summed E-state index contributed by atoms with van der Waals surface area (Å²) in [4.78, 5) is 18.3. The van der Waals surface area contributed by atoms with Crippen LogP contribution in [0.25, 0.3) is 10.9 Å². The van der Waals surface area contributed by atoms with Crippen molar-refractivity contribution in [2.45, 2.75) is 23.3 Å². The number of carbonyl (C=O) groups excluding carboxylic acids is 1. The number of hydrogen-bond acceptors (Lipinski definition) is 3. The van der Waals surface area contributed by atoms with E-state index in [0.717, 1.165) is 32.0 Å². The first kappa shape index (κ1) is 20.4. The third-order valence-corrected chi connectivity index (χ3v) is 6.14. The van der Waals surface area contributed by atoms with E-state index in [0.29, 0.717) is 17.3 Å². The van der Waals surface area contributed by atoms with E-state index in [1.807, 2.05) is 42.5 Å². The number of aromatic nitrogens is 1. The molecule has 0 saturated heterocycles. The van der Waals surface area contributed by atoms with Crippen molar-refractivity contribution in [3.05, 3.63) is 88.6 Å². The van der Waals surface area contributed by atoms with Gasteiger partial charge in [0.2, 0.25) is 0 Å². The van der Waals surface area contributed by atoms with Crippen molar-refractivity contribution >= 4 is 40.2 Å². The fourth-order valence-corrected chi connectivity index (χ4v) is 4.44. The first-order chi connectivity index (χ1) is 14.5. The fraction of sp³-hybridized carbons (Fsp3) is 0.125. The first-order valence-electron chi connectivity index (χ1n) is 9.50. The summed E-state index contributed by atoms with van der Waals surface area (Å²) in [5.74, 6) is 0.571. The first-order valence-corrected chi connectivity index (χ1v) is 10.7. The number of rotatable bonds is 6. The van der Waals surface area contributed by atoms with Gasteiger partial charge in [0.25, 0.3) is 5.91 Å². The van der Waals surface area contributed by atoms with E-state index in [-0.39, 0.29) is 5.91 Å². The Morgan fingerprint density at radius 1 is 1.10 bits per heavy atom. The van der Waals surface area contributed by atoms with Crippen LogP contribution in [0.2, 0.25) is 5.02 Å². The van der Waals surface area contributed by atoms with Gasteiger partial charge in [0.15, 0.2) is 0 Å². The largest absolute Gasteiger partial charge is 0.497 e. The van der Waals surface area contributed by atoms with Crippen molar-refractivity contribution in [1.82, 2.24) is 10.3 Å². The monoisotopic (exact) mass is 436 g/mol. The molecule has 30 heavy (non-hydrogen) atoms. The number of H-pyrrole nitrogens is 1. The second-order valence-electron chi connectivity index (χ2n) is 6.97. The van der Waals surface area contributed by atoms with E-state index in [1.54, 1.807) is 18.9 Å². The highest BCUT2D eigenvalue weighted by atomic mass is 35.5. The Labute approximate surface area is 184 Å². The minimum atomic E-state index is -0.167. The summed E-state index contributed by atoms with van der Waals surface area (Å²) >= 11 is 7.62. The smallest absolute Gasteiger partial charge is 0.269 e. The third-order valence-electron chi connectivity index (χ3n) is 4.77. The molecular formula is C24H21ClN2O2S. The third kappa shape index (κ3) is 4.48. The van der Waals surface area contributed by atoms with Gasteiger partial charge in [0.05, 0.1) is 17.5 Å². The van der Waals surface area contributed by atoms with Crippen molar-refractivity contribution in [3.63, 3.8) is 0 Å². The average Bonchev–Trinajstić information content (AvgIpc) is 3.11. The van der Waals surface area contributed by atoms with Gasteiger partial charge in [-0.15, -0.1) is 0 Å². The normalized spacial score (nSPS) is 10.9. The average molecular weight is 437 g/mol. The van der Waals surface area contributed by atoms with Gasteiger partial charge in [-0.05, 0) is 48.9 Å². The number of nitrogens with one attached hydrogen (secondary N) is 2. The molecule has 0 saturated carbocycles. The molecule has 4 aromatic rings. The summed E-state index contributed by atoms with van der Waals surface area (Å²) in [6.45, 7) is 2.45. The van der Waals surface area contributed by atoms with Gasteiger partial charge in [-0.1, -0.05) is 53.2 Å². The molecule has 0 aliphatic rings. The predicted octanol–water partition coefficient (Wildman–Crippen LogP) is 6.22. The maximum Gasteiger partial charge on any atom is 0.269 e. The number of ether oxygens (including phenoxy) is 1. The van der Waals surface area contributed by atoms with Crippen molar-refractivity contribution in [2.75, 3.05) is 7.11 Å². The van der Waals surface area contributed by atoms with Gasteiger partial charge in [0, 0.05) is 27.9 Å². The van der Waals surface area contributed by atoms with Crippen LogP contribution in [-0.4, -0.2) is 18.0 Å². The van der Waals surface area contributed by atoms with E-state index in [4.69, 9.17) is 16.3 Å². The number of methoxy groups -OCH3 is 1. The molecule has 1 amide bonds. The summed E-state index contributed by atoms with van der Waals surface area (Å²) in [5, 5.41) is 4.62. The highest BCUT2D eigenvalue weighted by Crippen LogP contribution is 2.38. The topological polar surface area (TPSA) is 54.1 Å². The van der Waals surface area contributed by atoms with Crippen LogP contribution in [0.5, 0.6) is 5.75 Å². The molecule has 4 nitrogen and oxygen atoms in total. The highest BCUT2D eigenvalue weighted by molar-refractivity contribution is 7.99. The Hall–Kier alpha value is -2.89. The number of amides is 1. The molecule has 0 spiro atoms. The lowest BCUT2D eigenvalue weighted by Crippen LogP contribution is -2.23. The fourth-order valence-electron chi connectivity index (χ4n) is 3.19. The van der Waals surface area contributed by atoms with E-state index in [2.05, 4.69) is 41.5 Å². The predicted molar refractivity (Wildman–Crippen MR) is 123 cm³/mol. The minimum Gasteiger partial charge on any atom is -0.497 e. The molecule has 0 radical (unpaired) electrons. The van der Waals surface area contributed by atoms with Crippen LogP contribution in [0.15, 0.2) is 76.5 Å². The molecular weight excluding hydrogens is 416 g/mol. The van der Waals surface area contributed by atoms with E-state index >= 15 is 0 Å². The maximum atomic E-state index is 13.1. The zero-order valence-electron chi connectivity index (χ0n) is 16.7. The van der Waals surface area contributed by atoms with Gasteiger partial charge >= 0.3 is 0 Å². The Morgan fingerprint density at radius 2 is 1.90 bits per heavy atom. The van der Waals surface area contributed by atoms with Crippen molar-refractivity contribution in [3.8, 4) is 5.75 Å². The molecule has 0 aliphatic carbocycles. The second-order valence-corrected chi connectivity index (χ2v) is 8.49. The van der Waals surface area contributed by atoms with Crippen molar-refractivity contribution < 1.29 is 9.53 Å². The van der Waals surface area contributed by atoms with Crippen LogP contribution < -0.4 is 10.1 Å². The second kappa shape index (κ2) is 8.86. The van der Waals surface area contributed by atoms with Crippen LogP contribution in [0, 0.1) is 6.92 Å². The molecule has 0 bridgehead atoms. The summed E-state index contributed by atoms with van der Waals surface area (Å²) in [5.41, 5.74) is 3.53. The van der Waals surface area contributed by atoms with Crippen LogP contribution >= 0.6 is 23.4 Å². The van der Waals surface area contributed by atoms with Gasteiger partial charge in [-0.2, -0.15) is 0 Å². The van der Waals surface area contributed by atoms with E-state index < -0.39 is 0 Å². The zero-order chi connectivity index (χ0) is 21.1. The van der Waals surface area contributed by atoms with Crippen molar-refractivity contribution in [2.24, 2.45) is 0 Å². The molecule has 0 aliphatic heterocycles. The number of benzene rings is 3. The minimum absolute atomic E-state index is 0.167. The summed E-state index contributed by atoms with van der Waals surface area (Å²) in [6.07, 6.45) is 0. The molecule has 0 fully saturated rings. The van der Waals surface area contributed by atoms with Gasteiger partial charge < -0.3 is 15.0 Å². The molecule has 6 heteroatoms. The zero-order valence-corrected chi connectivity index (χ0v) is 18.2. The molecule has 2 N–H and O–H groups in total. The Balaban J connectivity index is 1.67. The molecule has 152 valence electrons. The number of carbonyl (C=O) groups is 1. The van der Waals surface area contributed by atoms with Gasteiger partial charge in [-0.25, -0.2) is 0 Å². The summed E-state index contributed by atoms with van der Waals surface area (Å²) in [6, 6.07) is 21.5. The van der Waals surface area contributed by atoms with Gasteiger partial charge in [-0.3, -0.25) is 4.79 Å². The lowest BCUT2D eigenvalue weighted by atomic mass is 10.2. The standard InChI is InChI=1S/C24H21ClN2O2S/c1-15-6-9-19(10-7-15)30-23-20-11-8-18(29-2)13-21(20)27-22(23)24(28)26-14-16-4-3-5-17(25)12-16/h3-13,27H,14H2,1-2H3,(H,26,28). The quantitative estimate of drug-likeness (QED) is 0.377. The van der Waals surface area contributed by atoms with Crippen LogP contribution in [0.1, 0.15) is 21.6 Å². The molecule has 0 unspecified atom stereocenters. The lowest BCUT2D eigenvalue weighted by Gasteiger charge is -2.08. The Kier molecular flexibility index (Phi) is 6.02.